The summed E-state index contributed by atoms with van der Waals surface area (Å²) in [6.07, 6.45) is 3.04. The average Bonchev–Trinajstić information content (AvgIpc) is 3.17. The molecule has 0 radical (unpaired) electrons. The van der Waals surface area contributed by atoms with Crippen molar-refractivity contribution in [3.63, 3.8) is 0 Å². The number of aromatic hydroxyl groups is 1. The summed E-state index contributed by atoms with van der Waals surface area (Å²) in [5.74, 6) is -1.97. The van der Waals surface area contributed by atoms with Crippen LogP contribution in [0.25, 0.3) is 0 Å². The lowest BCUT2D eigenvalue weighted by Crippen LogP contribution is -2.71. The molecule has 10 heteroatoms. The maximum atomic E-state index is 12.6. The van der Waals surface area contributed by atoms with Crippen molar-refractivity contribution in [3.8, 4) is 11.5 Å². The number of aliphatic carboxylic acids is 1. The number of phenolic OH excluding ortho intramolecular Hbond substituents is 1. The molecule has 1 aliphatic carbocycles. The van der Waals surface area contributed by atoms with Crippen molar-refractivity contribution in [3.05, 3.63) is 47.2 Å². The maximum Gasteiger partial charge on any atom is 0.328 e. The van der Waals surface area contributed by atoms with Gasteiger partial charge in [-0.1, -0.05) is 6.07 Å². The molecule has 3 aliphatic rings. The van der Waals surface area contributed by atoms with E-state index in [2.05, 4.69) is 10.2 Å². The molecular weight excluding hydrogens is 456 g/mol. The topological polar surface area (TPSA) is 146 Å². The van der Waals surface area contributed by atoms with Gasteiger partial charge < -0.3 is 35.0 Å². The summed E-state index contributed by atoms with van der Waals surface area (Å²) in [5.41, 5.74) is -0.532. The smallest absolute Gasteiger partial charge is 0.328 e. The Morgan fingerprint density at radius 3 is 2.77 bits per heavy atom. The SMILES string of the molecule is Cc1ccc(O)c2c1[C@]13CCN(C)[C@H](C)[C@]1(O)CC=C(OC(=O)CCNC(=O)/C=C/C(=O)O)[C@@H]3O2. The van der Waals surface area contributed by atoms with E-state index in [0.29, 0.717) is 24.8 Å². The van der Waals surface area contributed by atoms with Crippen LogP contribution in [0.4, 0.5) is 0 Å². The van der Waals surface area contributed by atoms with E-state index in [-0.39, 0.29) is 36.9 Å². The number of hydrogen-bond acceptors (Lipinski definition) is 8. The van der Waals surface area contributed by atoms with Gasteiger partial charge in [0.15, 0.2) is 17.6 Å². The largest absolute Gasteiger partial charge is 0.504 e. The molecule has 10 nitrogen and oxygen atoms in total. The van der Waals surface area contributed by atoms with Crippen LogP contribution in [-0.4, -0.2) is 75.9 Å². The third kappa shape index (κ3) is 3.96. The second-order valence-corrected chi connectivity index (χ2v) is 9.40. The van der Waals surface area contributed by atoms with E-state index in [4.69, 9.17) is 14.6 Å². The fourth-order valence-electron chi connectivity index (χ4n) is 5.68. The van der Waals surface area contributed by atoms with E-state index in [1.807, 2.05) is 20.9 Å². The highest BCUT2D eigenvalue weighted by atomic mass is 16.6. The summed E-state index contributed by atoms with van der Waals surface area (Å²) in [6, 6.07) is 3.12. The molecule has 0 unspecified atom stereocenters. The highest BCUT2D eigenvalue weighted by Crippen LogP contribution is 2.62. The van der Waals surface area contributed by atoms with Crippen LogP contribution in [0.5, 0.6) is 11.5 Å². The zero-order valence-electron chi connectivity index (χ0n) is 19.9. The number of nitrogens with one attached hydrogen (secondary N) is 1. The number of likely N-dealkylation sites (N-methyl/N-ethyl adjacent to an activating group) is 1. The molecule has 4 atom stereocenters. The summed E-state index contributed by atoms with van der Waals surface area (Å²) in [5, 5.41) is 33.7. The fourth-order valence-corrected chi connectivity index (χ4v) is 5.68. The number of amides is 1. The number of carbonyl (C=O) groups excluding carboxylic acids is 2. The number of benzene rings is 1. The van der Waals surface area contributed by atoms with Gasteiger partial charge in [-0.25, -0.2) is 4.79 Å². The van der Waals surface area contributed by atoms with Gasteiger partial charge in [0.25, 0.3) is 0 Å². The second kappa shape index (κ2) is 9.01. The fraction of sp³-hybridized carbons (Fsp3) is 0.480. The second-order valence-electron chi connectivity index (χ2n) is 9.40. The Morgan fingerprint density at radius 2 is 2.06 bits per heavy atom. The van der Waals surface area contributed by atoms with Gasteiger partial charge in [0.05, 0.1) is 17.4 Å². The number of carboxylic acids is 1. The number of aryl methyl sites for hydroxylation is 1. The molecule has 188 valence electrons. The lowest BCUT2D eigenvalue weighted by molar-refractivity contribution is -0.161. The zero-order valence-corrected chi connectivity index (χ0v) is 19.9. The van der Waals surface area contributed by atoms with Gasteiger partial charge in [-0.3, -0.25) is 9.59 Å². The molecule has 35 heavy (non-hydrogen) atoms. The van der Waals surface area contributed by atoms with Gasteiger partial charge in [0.2, 0.25) is 5.91 Å². The molecule has 1 fully saturated rings. The lowest BCUT2D eigenvalue weighted by Gasteiger charge is -2.58. The third-order valence-corrected chi connectivity index (χ3v) is 7.57. The molecule has 0 aromatic heterocycles. The number of piperidine rings is 1. The molecule has 1 spiro atoms. The van der Waals surface area contributed by atoms with Crippen molar-refractivity contribution in [2.75, 3.05) is 20.1 Å². The minimum atomic E-state index is -1.25. The number of aliphatic hydroxyl groups is 1. The summed E-state index contributed by atoms with van der Waals surface area (Å²) in [4.78, 5) is 36.8. The molecule has 1 aromatic rings. The van der Waals surface area contributed by atoms with E-state index in [0.717, 1.165) is 17.2 Å². The number of carboxylic acid groups (broad SMARTS) is 1. The Kier molecular flexibility index (Phi) is 6.37. The molecule has 1 aromatic carbocycles. The molecular formula is C25H30N2O8. The Balaban J connectivity index is 1.59. The monoisotopic (exact) mass is 486 g/mol. The van der Waals surface area contributed by atoms with Crippen molar-refractivity contribution < 1.29 is 39.2 Å². The maximum absolute atomic E-state index is 12.6. The number of hydrogen-bond donors (Lipinski definition) is 4. The van der Waals surface area contributed by atoms with Crippen LogP contribution in [0.15, 0.2) is 36.1 Å². The van der Waals surface area contributed by atoms with Gasteiger partial charge in [0, 0.05) is 36.7 Å². The number of nitrogens with zero attached hydrogens (tertiary/aromatic N) is 1. The lowest BCUT2D eigenvalue weighted by atomic mass is 9.54. The summed E-state index contributed by atoms with van der Waals surface area (Å²) in [7, 11) is 1.95. The molecule has 0 saturated carbocycles. The summed E-state index contributed by atoms with van der Waals surface area (Å²) >= 11 is 0. The molecule has 4 N–H and O–H groups in total. The van der Waals surface area contributed by atoms with Crippen molar-refractivity contribution in [1.29, 1.82) is 0 Å². The van der Waals surface area contributed by atoms with Gasteiger partial charge in [0.1, 0.15) is 5.76 Å². The van der Waals surface area contributed by atoms with E-state index in [9.17, 15) is 24.6 Å². The van der Waals surface area contributed by atoms with E-state index in [1.165, 1.54) is 0 Å². The number of carbonyl (C=O) groups is 3. The first-order valence-electron chi connectivity index (χ1n) is 11.5. The normalized spacial score (nSPS) is 29.4. The van der Waals surface area contributed by atoms with E-state index >= 15 is 0 Å². The summed E-state index contributed by atoms with van der Waals surface area (Å²) in [6.45, 7) is 4.50. The van der Waals surface area contributed by atoms with Crippen LogP contribution >= 0.6 is 0 Å². The predicted octanol–water partition coefficient (Wildman–Crippen LogP) is 1.13. The van der Waals surface area contributed by atoms with Crippen molar-refractivity contribution in [2.24, 2.45) is 0 Å². The van der Waals surface area contributed by atoms with Gasteiger partial charge >= 0.3 is 11.9 Å². The average molecular weight is 487 g/mol. The number of likely N-dealkylation sites (tertiary alicyclic amines) is 1. The van der Waals surface area contributed by atoms with Crippen LogP contribution in [-0.2, 0) is 24.5 Å². The van der Waals surface area contributed by atoms with Gasteiger partial charge in [-0.05, 0) is 51.6 Å². The van der Waals surface area contributed by atoms with E-state index in [1.54, 1.807) is 18.2 Å². The van der Waals surface area contributed by atoms with E-state index < -0.39 is 35.0 Å². The third-order valence-electron chi connectivity index (χ3n) is 7.57. The predicted molar refractivity (Wildman–Crippen MR) is 124 cm³/mol. The molecule has 2 aliphatic heterocycles. The quantitative estimate of drug-likeness (QED) is 0.343. The first-order valence-corrected chi connectivity index (χ1v) is 11.5. The Hall–Kier alpha value is -3.37. The Morgan fingerprint density at radius 1 is 1.31 bits per heavy atom. The van der Waals surface area contributed by atoms with Crippen LogP contribution in [0.1, 0.15) is 37.3 Å². The Bertz CT molecular complexity index is 1130. The van der Waals surface area contributed by atoms with Gasteiger partial charge in [-0.2, -0.15) is 0 Å². The van der Waals surface area contributed by atoms with Crippen LogP contribution in [0, 0.1) is 6.92 Å². The van der Waals surface area contributed by atoms with Crippen molar-refractivity contribution >= 4 is 17.8 Å². The highest BCUT2D eigenvalue weighted by Gasteiger charge is 2.69. The molecule has 0 bridgehead atoms. The summed E-state index contributed by atoms with van der Waals surface area (Å²) < 4.78 is 11.9. The van der Waals surface area contributed by atoms with Crippen LogP contribution < -0.4 is 10.1 Å². The highest BCUT2D eigenvalue weighted by molar-refractivity contribution is 5.94. The zero-order chi connectivity index (χ0) is 25.5. The first kappa shape index (κ1) is 24.7. The van der Waals surface area contributed by atoms with Crippen molar-refractivity contribution in [1.82, 2.24) is 10.2 Å². The first-order chi connectivity index (χ1) is 16.5. The van der Waals surface area contributed by atoms with Crippen LogP contribution in [0.3, 0.4) is 0 Å². The standard InChI is InChI=1S/C25H30N2O8/c1-14-4-5-16(28)22-21(14)24-11-13-27(3)15(2)25(24,33)10-8-17(23(24)35-22)34-20(32)9-12-26-18(29)6-7-19(30)31/h4-8,15,23,28,33H,9-13H2,1-3H3,(H,26,29)(H,30,31)/b7-6+/t15-,23+,24+,25-/m1/s1. The van der Waals surface area contributed by atoms with Crippen molar-refractivity contribution in [2.45, 2.75) is 56.3 Å². The minimum Gasteiger partial charge on any atom is -0.504 e. The molecule has 1 amide bonds. The molecule has 4 rings (SSSR count). The van der Waals surface area contributed by atoms with Crippen LogP contribution in [0.2, 0.25) is 0 Å². The number of fused-ring (bicyclic) bond motifs is 1. The number of phenols is 1. The number of esters is 1. The molecule has 2 heterocycles. The number of ether oxygens (including phenoxy) is 2. The van der Waals surface area contributed by atoms with Gasteiger partial charge in [-0.15, -0.1) is 0 Å². The minimum absolute atomic E-state index is 0.0360. The molecule has 1 saturated heterocycles. The Labute approximate surface area is 202 Å². The number of rotatable bonds is 6.